The Hall–Kier alpha value is -1.03. The summed E-state index contributed by atoms with van der Waals surface area (Å²) in [6, 6.07) is 0. The SMILES string of the molecule is Nc1c(Cl)ncnc1N1CCC2CCCCC2C1. The number of fused-ring (bicyclic) bond motifs is 1. The average molecular weight is 267 g/mol. The second kappa shape index (κ2) is 4.92. The van der Waals surface area contributed by atoms with Crippen molar-refractivity contribution < 1.29 is 0 Å². The van der Waals surface area contributed by atoms with Gasteiger partial charge in [0.05, 0.1) is 0 Å². The van der Waals surface area contributed by atoms with Crippen LogP contribution in [0.5, 0.6) is 0 Å². The smallest absolute Gasteiger partial charge is 0.157 e. The fraction of sp³-hybridized carbons (Fsp3) is 0.692. The lowest BCUT2D eigenvalue weighted by molar-refractivity contribution is 0.202. The Bertz CT molecular complexity index is 437. The van der Waals surface area contributed by atoms with Crippen LogP contribution in [0.1, 0.15) is 32.1 Å². The van der Waals surface area contributed by atoms with Crippen LogP contribution in [-0.2, 0) is 0 Å². The van der Waals surface area contributed by atoms with Crippen LogP contribution in [0.4, 0.5) is 11.5 Å². The molecule has 1 aromatic rings. The lowest BCUT2D eigenvalue weighted by atomic mass is 9.75. The summed E-state index contributed by atoms with van der Waals surface area (Å²) in [4.78, 5) is 10.5. The molecule has 1 aromatic heterocycles. The summed E-state index contributed by atoms with van der Waals surface area (Å²) in [7, 11) is 0. The summed E-state index contributed by atoms with van der Waals surface area (Å²) in [6.07, 6.45) is 8.28. The van der Waals surface area contributed by atoms with Crippen molar-refractivity contribution in [2.75, 3.05) is 23.7 Å². The van der Waals surface area contributed by atoms with Crippen molar-refractivity contribution >= 4 is 23.1 Å². The Balaban J connectivity index is 1.79. The molecule has 0 spiro atoms. The molecule has 2 aliphatic rings. The molecule has 1 saturated carbocycles. The highest BCUT2D eigenvalue weighted by Gasteiger charge is 2.32. The van der Waals surface area contributed by atoms with Gasteiger partial charge < -0.3 is 10.6 Å². The average Bonchev–Trinajstić information content (AvgIpc) is 2.41. The van der Waals surface area contributed by atoms with E-state index in [0.717, 1.165) is 30.7 Å². The van der Waals surface area contributed by atoms with Crippen LogP contribution in [-0.4, -0.2) is 23.1 Å². The molecule has 2 N–H and O–H groups in total. The van der Waals surface area contributed by atoms with E-state index in [4.69, 9.17) is 17.3 Å². The van der Waals surface area contributed by atoms with Crippen LogP contribution in [0, 0.1) is 11.8 Å². The minimum atomic E-state index is 0.366. The number of rotatable bonds is 1. The molecular formula is C13H19ClN4. The molecule has 2 fully saturated rings. The number of hydrogen-bond acceptors (Lipinski definition) is 4. The van der Waals surface area contributed by atoms with Gasteiger partial charge in [0.25, 0.3) is 0 Å². The molecular weight excluding hydrogens is 248 g/mol. The van der Waals surface area contributed by atoms with Crippen molar-refractivity contribution in [2.45, 2.75) is 32.1 Å². The molecule has 2 unspecified atom stereocenters. The van der Waals surface area contributed by atoms with Crippen molar-refractivity contribution in [2.24, 2.45) is 11.8 Å². The second-order valence-corrected chi connectivity index (χ2v) is 5.80. The Morgan fingerprint density at radius 3 is 2.78 bits per heavy atom. The van der Waals surface area contributed by atoms with Gasteiger partial charge in [-0.2, -0.15) is 0 Å². The zero-order chi connectivity index (χ0) is 12.5. The highest BCUT2D eigenvalue weighted by Crippen LogP contribution is 2.38. The highest BCUT2D eigenvalue weighted by molar-refractivity contribution is 6.32. The molecule has 3 rings (SSSR count). The summed E-state index contributed by atoms with van der Waals surface area (Å²) >= 11 is 5.97. The summed E-state index contributed by atoms with van der Waals surface area (Å²) in [6.45, 7) is 2.11. The molecule has 0 bridgehead atoms. The topological polar surface area (TPSA) is 55.0 Å². The predicted molar refractivity (Wildman–Crippen MR) is 73.7 cm³/mol. The molecule has 0 amide bonds. The van der Waals surface area contributed by atoms with Crippen LogP contribution in [0.25, 0.3) is 0 Å². The Morgan fingerprint density at radius 2 is 1.94 bits per heavy atom. The fourth-order valence-electron chi connectivity index (χ4n) is 3.41. The number of anilines is 2. The van der Waals surface area contributed by atoms with Crippen molar-refractivity contribution in [3.05, 3.63) is 11.5 Å². The molecule has 0 aromatic carbocycles. The van der Waals surface area contributed by atoms with Crippen LogP contribution in [0.3, 0.4) is 0 Å². The lowest BCUT2D eigenvalue weighted by Gasteiger charge is -2.42. The number of piperidine rings is 1. The van der Waals surface area contributed by atoms with Crippen LogP contribution in [0.2, 0.25) is 5.15 Å². The Morgan fingerprint density at radius 1 is 1.17 bits per heavy atom. The van der Waals surface area contributed by atoms with Crippen molar-refractivity contribution in [3.8, 4) is 0 Å². The number of nitrogens with two attached hydrogens (primary N) is 1. The first kappa shape index (κ1) is 12.0. The van der Waals surface area contributed by atoms with Crippen LogP contribution < -0.4 is 10.6 Å². The summed E-state index contributed by atoms with van der Waals surface area (Å²) in [5.74, 6) is 2.54. The van der Waals surface area contributed by atoms with Gasteiger partial charge in [0.1, 0.15) is 12.0 Å². The van der Waals surface area contributed by atoms with Gasteiger partial charge in [0, 0.05) is 13.1 Å². The molecule has 98 valence electrons. The number of halogens is 1. The highest BCUT2D eigenvalue weighted by atomic mass is 35.5. The Labute approximate surface area is 113 Å². The van der Waals surface area contributed by atoms with E-state index < -0.39 is 0 Å². The standard InChI is InChI=1S/C13H19ClN4/c14-12-11(15)13(17-8-16-12)18-6-5-9-3-1-2-4-10(9)7-18/h8-10H,1-7,15H2. The Kier molecular flexibility index (Phi) is 3.29. The van der Waals surface area contributed by atoms with Gasteiger partial charge in [-0.1, -0.05) is 30.9 Å². The molecule has 18 heavy (non-hydrogen) atoms. The van der Waals surface area contributed by atoms with Crippen LogP contribution in [0.15, 0.2) is 6.33 Å². The maximum absolute atomic E-state index is 5.98. The van der Waals surface area contributed by atoms with Gasteiger partial charge in [-0.05, 0) is 24.7 Å². The fourth-order valence-corrected chi connectivity index (χ4v) is 3.54. The molecule has 2 heterocycles. The minimum Gasteiger partial charge on any atom is -0.393 e. The summed E-state index contributed by atoms with van der Waals surface area (Å²) in [5.41, 5.74) is 6.50. The van der Waals surface area contributed by atoms with E-state index in [1.807, 2.05) is 0 Å². The number of nitrogen functional groups attached to an aromatic ring is 1. The third kappa shape index (κ3) is 2.14. The van der Waals surface area contributed by atoms with E-state index in [1.165, 1.54) is 38.4 Å². The third-order valence-electron chi connectivity index (χ3n) is 4.40. The predicted octanol–water partition coefficient (Wildman–Crippen LogP) is 2.73. The van der Waals surface area contributed by atoms with E-state index in [9.17, 15) is 0 Å². The van der Waals surface area contributed by atoms with Gasteiger partial charge in [-0.3, -0.25) is 0 Å². The van der Waals surface area contributed by atoms with E-state index in [-0.39, 0.29) is 0 Å². The van der Waals surface area contributed by atoms with E-state index in [0.29, 0.717) is 10.8 Å². The first-order valence-electron chi connectivity index (χ1n) is 6.76. The minimum absolute atomic E-state index is 0.366. The van der Waals surface area contributed by atoms with Gasteiger partial charge in [0.15, 0.2) is 11.0 Å². The van der Waals surface area contributed by atoms with Crippen LogP contribution >= 0.6 is 11.6 Å². The maximum Gasteiger partial charge on any atom is 0.157 e. The summed E-state index contributed by atoms with van der Waals surface area (Å²) < 4.78 is 0. The maximum atomic E-state index is 5.98. The largest absolute Gasteiger partial charge is 0.393 e. The van der Waals surface area contributed by atoms with Gasteiger partial charge in [0.2, 0.25) is 0 Å². The zero-order valence-corrected chi connectivity index (χ0v) is 11.2. The van der Waals surface area contributed by atoms with Crippen molar-refractivity contribution in [1.82, 2.24) is 9.97 Å². The van der Waals surface area contributed by atoms with E-state index in [1.54, 1.807) is 0 Å². The lowest BCUT2D eigenvalue weighted by Crippen LogP contribution is -2.42. The van der Waals surface area contributed by atoms with Crippen molar-refractivity contribution in [3.63, 3.8) is 0 Å². The second-order valence-electron chi connectivity index (χ2n) is 5.44. The first-order valence-corrected chi connectivity index (χ1v) is 7.14. The molecule has 4 nitrogen and oxygen atoms in total. The molecule has 0 radical (unpaired) electrons. The van der Waals surface area contributed by atoms with E-state index >= 15 is 0 Å². The third-order valence-corrected chi connectivity index (χ3v) is 4.71. The quantitative estimate of drug-likeness (QED) is 0.794. The molecule has 2 atom stereocenters. The normalized spacial score (nSPS) is 27.9. The van der Waals surface area contributed by atoms with Gasteiger partial charge in [-0.15, -0.1) is 0 Å². The van der Waals surface area contributed by atoms with Gasteiger partial charge >= 0.3 is 0 Å². The molecule has 1 saturated heterocycles. The molecule has 1 aliphatic heterocycles. The first-order chi connectivity index (χ1) is 8.75. The molecule has 1 aliphatic carbocycles. The molecule has 5 heteroatoms. The number of aromatic nitrogens is 2. The zero-order valence-electron chi connectivity index (χ0n) is 10.5. The van der Waals surface area contributed by atoms with E-state index in [2.05, 4.69) is 14.9 Å². The number of hydrogen-bond donors (Lipinski definition) is 1. The van der Waals surface area contributed by atoms with Gasteiger partial charge in [-0.25, -0.2) is 9.97 Å². The number of nitrogens with zero attached hydrogens (tertiary/aromatic N) is 3. The van der Waals surface area contributed by atoms with Crippen molar-refractivity contribution in [1.29, 1.82) is 0 Å². The summed E-state index contributed by atoms with van der Waals surface area (Å²) in [5, 5.41) is 0.366. The monoisotopic (exact) mass is 266 g/mol.